The SMILES string of the molecule is NC(=O)CCN(Cc1ccccc1)C(=O)CN1C(=O)NC2(CCOc3ccccc32)C1=O. The topological polar surface area (TPSA) is 122 Å². The maximum Gasteiger partial charge on any atom is 0.325 e. The molecular formula is C23H24N4O5. The first-order valence-corrected chi connectivity index (χ1v) is 10.4. The van der Waals surface area contributed by atoms with Gasteiger partial charge in [-0.05, 0) is 11.6 Å². The summed E-state index contributed by atoms with van der Waals surface area (Å²) < 4.78 is 5.63. The molecule has 0 aliphatic carbocycles. The van der Waals surface area contributed by atoms with Gasteiger partial charge >= 0.3 is 6.03 Å². The van der Waals surface area contributed by atoms with Crippen LogP contribution in [-0.4, -0.2) is 53.2 Å². The van der Waals surface area contributed by atoms with Crippen molar-refractivity contribution in [3.05, 3.63) is 65.7 Å². The van der Waals surface area contributed by atoms with E-state index >= 15 is 0 Å². The Labute approximate surface area is 185 Å². The van der Waals surface area contributed by atoms with Crippen LogP contribution < -0.4 is 15.8 Å². The van der Waals surface area contributed by atoms with E-state index in [-0.39, 0.29) is 32.5 Å². The van der Waals surface area contributed by atoms with Gasteiger partial charge < -0.3 is 20.7 Å². The quantitative estimate of drug-likeness (QED) is 0.630. The molecule has 166 valence electrons. The molecule has 1 unspecified atom stereocenters. The van der Waals surface area contributed by atoms with Gasteiger partial charge in [0.05, 0.1) is 6.61 Å². The van der Waals surface area contributed by atoms with Gasteiger partial charge in [0.15, 0.2) is 5.54 Å². The van der Waals surface area contributed by atoms with Crippen LogP contribution in [-0.2, 0) is 26.5 Å². The first kappa shape index (κ1) is 21.4. The third kappa shape index (κ3) is 4.01. The second kappa shape index (κ2) is 8.70. The van der Waals surface area contributed by atoms with E-state index in [1.807, 2.05) is 30.3 Å². The lowest BCUT2D eigenvalue weighted by molar-refractivity contribution is -0.140. The molecular weight excluding hydrogens is 412 g/mol. The van der Waals surface area contributed by atoms with Crippen molar-refractivity contribution in [2.45, 2.75) is 24.9 Å². The molecule has 1 saturated heterocycles. The van der Waals surface area contributed by atoms with E-state index in [4.69, 9.17) is 10.5 Å². The zero-order chi connectivity index (χ0) is 22.7. The molecule has 5 amide bonds. The minimum absolute atomic E-state index is 0.0205. The molecule has 2 aliphatic rings. The fraction of sp³-hybridized carbons (Fsp3) is 0.304. The number of amides is 5. The van der Waals surface area contributed by atoms with Crippen molar-refractivity contribution < 1.29 is 23.9 Å². The van der Waals surface area contributed by atoms with Crippen LogP contribution in [0, 0.1) is 0 Å². The molecule has 0 aromatic heterocycles. The fourth-order valence-corrected chi connectivity index (χ4v) is 4.09. The number of fused-ring (bicyclic) bond motifs is 2. The van der Waals surface area contributed by atoms with Crippen LogP contribution in [0.2, 0.25) is 0 Å². The molecule has 2 aliphatic heterocycles. The van der Waals surface area contributed by atoms with Crippen LogP contribution in [0.5, 0.6) is 5.75 Å². The highest BCUT2D eigenvalue weighted by Gasteiger charge is 2.55. The highest BCUT2D eigenvalue weighted by Crippen LogP contribution is 2.40. The summed E-state index contributed by atoms with van der Waals surface area (Å²) in [6, 6.07) is 15.7. The van der Waals surface area contributed by atoms with Crippen molar-refractivity contribution in [3.8, 4) is 5.75 Å². The standard InChI is InChI=1S/C23H24N4O5/c24-19(28)10-12-26(14-16-6-2-1-3-7-16)20(29)15-27-21(30)23(25-22(27)31)11-13-32-18-9-5-4-8-17(18)23/h1-9H,10-15H2,(H2,24,28)(H,25,31). The third-order valence-corrected chi connectivity index (χ3v) is 5.75. The Morgan fingerprint density at radius 1 is 1.09 bits per heavy atom. The van der Waals surface area contributed by atoms with E-state index in [1.54, 1.807) is 24.3 Å². The maximum atomic E-state index is 13.4. The van der Waals surface area contributed by atoms with Gasteiger partial charge in [0.2, 0.25) is 11.8 Å². The molecule has 3 N–H and O–H groups in total. The fourth-order valence-electron chi connectivity index (χ4n) is 4.09. The number of carbonyl (C=O) groups excluding carboxylic acids is 4. The largest absolute Gasteiger partial charge is 0.493 e. The van der Waals surface area contributed by atoms with Gasteiger partial charge in [-0.15, -0.1) is 0 Å². The Kier molecular flexibility index (Phi) is 5.81. The summed E-state index contributed by atoms with van der Waals surface area (Å²) >= 11 is 0. The lowest BCUT2D eigenvalue weighted by Gasteiger charge is -2.33. The second-order valence-electron chi connectivity index (χ2n) is 7.84. The Bertz CT molecular complexity index is 1060. The zero-order valence-corrected chi connectivity index (χ0v) is 17.5. The predicted octanol–water partition coefficient (Wildman–Crippen LogP) is 1.12. The molecule has 1 fully saturated rings. The first-order chi connectivity index (χ1) is 15.4. The number of carbonyl (C=O) groups is 4. The normalized spacial score (nSPS) is 19.3. The second-order valence-corrected chi connectivity index (χ2v) is 7.84. The number of ether oxygens (including phenoxy) is 1. The Morgan fingerprint density at radius 2 is 1.81 bits per heavy atom. The van der Waals surface area contributed by atoms with Crippen molar-refractivity contribution in [2.24, 2.45) is 5.73 Å². The summed E-state index contributed by atoms with van der Waals surface area (Å²) in [7, 11) is 0. The van der Waals surface area contributed by atoms with E-state index in [2.05, 4.69) is 5.32 Å². The number of para-hydroxylation sites is 1. The van der Waals surface area contributed by atoms with E-state index in [0.717, 1.165) is 10.5 Å². The summed E-state index contributed by atoms with van der Waals surface area (Å²) in [5.74, 6) is -0.937. The molecule has 2 aromatic rings. The molecule has 9 heteroatoms. The maximum absolute atomic E-state index is 13.4. The summed E-state index contributed by atoms with van der Waals surface area (Å²) in [4.78, 5) is 52.9. The van der Waals surface area contributed by atoms with E-state index in [0.29, 0.717) is 11.3 Å². The van der Waals surface area contributed by atoms with Crippen LogP contribution in [0.4, 0.5) is 4.79 Å². The number of benzene rings is 2. The van der Waals surface area contributed by atoms with Crippen LogP contribution in [0.1, 0.15) is 24.0 Å². The molecule has 1 spiro atoms. The number of rotatable bonds is 7. The third-order valence-electron chi connectivity index (χ3n) is 5.75. The number of hydrogen-bond acceptors (Lipinski definition) is 5. The van der Waals surface area contributed by atoms with Crippen molar-refractivity contribution >= 4 is 23.8 Å². The average molecular weight is 436 g/mol. The highest BCUT2D eigenvalue weighted by molar-refractivity contribution is 6.09. The minimum Gasteiger partial charge on any atom is -0.493 e. The smallest absolute Gasteiger partial charge is 0.325 e. The van der Waals surface area contributed by atoms with E-state index < -0.39 is 35.8 Å². The number of imide groups is 1. The van der Waals surface area contributed by atoms with Crippen molar-refractivity contribution in [3.63, 3.8) is 0 Å². The van der Waals surface area contributed by atoms with Crippen LogP contribution in [0.15, 0.2) is 54.6 Å². The van der Waals surface area contributed by atoms with Crippen molar-refractivity contribution in [1.29, 1.82) is 0 Å². The number of primary amides is 1. The Balaban J connectivity index is 1.54. The Morgan fingerprint density at radius 3 is 2.56 bits per heavy atom. The van der Waals surface area contributed by atoms with Crippen molar-refractivity contribution in [2.75, 3.05) is 19.7 Å². The molecule has 4 rings (SSSR count). The molecule has 1 atom stereocenters. The van der Waals surface area contributed by atoms with Crippen LogP contribution >= 0.6 is 0 Å². The number of nitrogens with zero attached hydrogens (tertiary/aromatic N) is 2. The summed E-state index contributed by atoms with van der Waals surface area (Å²) in [6.45, 7) is 0.164. The van der Waals surface area contributed by atoms with Gasteiger partial charge in [-0.2, -0.15) is 0 Å². The number of urea groups is 1. The molecule has 9 nitrogen and oxygen atoms in total. The zero-order valence-electron chi connectivity index (χ0n) is 17.5. The van der Waals surface area contributed by atoms with Gasteiger partial charge in [-0.25, -0.2) is 4.79 Å². The summed E-state index contributed by atoms with van der Waals surface area (Å²) in [6.07, 6.45) is 0.252. The number of nitrogens with one attached hydrogen (secondary N) is 1. The van der Waals surface area contributed by atoms with Gasteiger partial charge in [0, 0.05) is 31.5 Å². The molecule has 2 aromatic carbocycles. The monoisotopic (exact) mass is 436 g/mol. The minimum atomic E-state index is -1.25. The summed E-state index contributed by atoms with van der Waals surface area (Å²) in [5, 5.41) is 2.78. The Hall–Kier alpha value is -3.88. The molecule has 32 heavy (non-hydrogen) atoms. The predicted molar refractivity (Wildman–Crippen MR) is 114 cm³/mol. The number of hydrogen-bond donors (Lipinski definition) is 2. The van der Waals surface area contributed by atoms with E-state index in [9.17, 15) is 19.2 Å². The van der Waals surface area contributed by atoms with Crippen LogP contribution in [0.3, 0.4) is 0 Å². The highest BCUT2D eigenvalue weighted by atomic mass is 16.5. The van der Waals surface area contributed by atoms with E-state index in [1.165, 1.54) is 4.90 Å². The van der Waals surface area contributed by atoms with Crippen LogP contribution in [0.25, 0.3) is 0 Å². The number of nitrogens with two attached hydrogens (primary N) is 1. The van der Waals surface area contributed by atoms with Gasteiger partial charge in [0.25, 0.3) is 5.91 Å². The lowest BCUT2D eigenvalue weighted by Crippen LogP contribution is -2.48. The summed E-state index contributed by atoms with van der Waals surface area (Å²) in [5.41, 5.74) is 5.45. The van der Waals surface area contributed by atoms with Gasteiger partial charge in [-0.3, -0.25) is 19.3 Å². The first-order valence-electron chi connectivity index (χ1n) is 10.4. The molecule has 2 heterocycles. The average Bonchev–Trinajstić information content (AvgIpc) is 3.02. The molecule has 0 saturated carbocycles. The van der Waals surface area contributed by atoms with Gasteiger partial charge in [-0.1, -0.05) is 48.5 Å². The lowest BCUT2D eigenvalue weighted by atomic mass is 9.84. The van der Waals surface area contributed by atoms with Gasteiger partial charge in [0.1, 0.15) is 12.3 Å². The van der Waals surface area contributed by atoms with Crippen molar-refractivity contribution in [1.82, 2.24) is 15.1 Å². The molecule has 0 radical (unpaired) electrons. The molecule has 0 bridgehead atoms.